The topological polar surface area (TPSA) is 67.0 Å². The number of benzene rings is 1. The van der Waals surface area contributed by atoms with Crippen LogP contribution in [0.15, 0.2) is 41.5 Å². The molecular formula is C13H15N3O2. The first kappa shape index (κ1) is 12.2. The molecule has 0 saturated carbocycles. The number of rotatable bonds is 5. The number of hydrogen-bond donors (Lipinski definition) is 2. The summed E-state index contributed by atoms with van der Waals surface area (Å²) >= 11 is 0. The second kappa shape index (κ2) is 5.86. The van der Waals surface area contributed by atoms with Gasteiger partial charge in [0, 0.05) is 6.54 Å². The predicted octanol–water partition coefficient (Wildman–Crippen LogP) is 1.43. The van der Waals surface area contributed by atoms with Gasteiger partial charge in [-0.1, -0.05) is 30.3 Å². The van der Waals surface area contributed by atoms with Crippen LogP contribution in [0.1, 0.15) is 5.56 Å². The van der Waals surface area contributed by atoms with E-state index in [2.05, 4.69) is 27.4 Å². The van der Waals surface area contributed by atoms with E-state index in [1.165, 1.54) is 19.0 Å². The van der Waals surface area contributed by atoms with Gasteiger partial charge in [0.1, 0.15) is 0 Å². The van der Waals surface area contributed by atoms with E-state index in [1.54, 1.807) is 0 Å². The second-order valence-corrected chi connectivity index (χ2v) is 3.78. The first-order chi connectivity index (χ1) is 8.81. The number of methoxy groups -OCH3 is 1. The highest BCUT2D eigenvalue weighted by Gasteiger charge is 2.07. The van der Waals surface area contributed by atoms with Gasteiger partial charge in [-0.15, -0.1) is 0 Å². The molecule has 0 spiro atoms. The smallest absolute Gasteiger partial charge is 0.295 e. The Morgan fingerprint density at radius 2 is 2.11 bits per heavy atom. The van der Waals surface area contributed by atoms with Gasteiger partial charge in [0.05, 0.1) is 13.4 Å². The maximum absolute atomic E-state index is 11.4. The molecule has 2 rings (SSSR count). The molecule has 0 radical (unpaired) electrons. The van der Waals surface area contributed by atoms with Crippen molar-refractivity contribution in [2.75, 3.05) is 19.0 Å². The first-order valence-electron chi connectivity index (χ1n) is 5.70. The number of ether oxygens (including phenoxy) is 1. The van der Waals surface area contributed by atoms with E-state index >= 15 is 0 Å². The van der Waals surface area contributed by atoms with Crippen molar-refractivity contribution in [1.29, 1.82) is 0 Å². The van der Waals surface area contributed by atoms with Crippen LogP contribution in [0.4, 0.5) is 5.82 Å². The Bertz CT molecular complexity index is 552. The minimum Gasteiger partial charge on any atom is -0.489 e. The third kappa shape index (κ3) is 2.88. The molecule has 94 valence electrons. The Kier molecular flexibility index (Phi) is 3.96. The average Bonchev–Trinajstić information content (AvgIpc) is 2.40. The minimum absolute atomic E-state index is 0.213. The van der Waals surface area contributed by atoms with Crippen molar-refractivity contribution in [3.63, 3.8) is 0 Å². The summed E-state index contributed by atoms with van der Waals surface area (Å²) in [5.74, 6) is 0.683. The fourth-order valence-corrected chi connectivity index (χ4v) is 1.67. The summed E-state index contributed by atoms with van der Waals surface area (Å²) < 4.78 is 5.01. The van der Waals surface area contributed by atoms with Crippen LogP contribution in [0.5, 0.6) is 5.75 Å². The van der Waals surface area contributed by atoms with Gasteiger partial charge in [-0.25, -0.2) is 4.98 Å². The molecule has 0 unspecified atom stereocenters. The van der Waals surface area contributed by atoms with Crippen molar-refractivity contribution >= 4 is 5.82 Å². The molecule has 5 heteroatoms. The lowest BCUT2D eigenvalue weighted by molar-refractivity contribution is 0.408. The minimum atomic E-state index is -0.283. The Morgan fingerprint density at radius 1 is 1.33 bits per heavy atom. The van der Waals surface area contributed by atoms with Gasteiger partial charge in [-0.2, -0.15) is 0 Å². The van der Waals surface area contributed by atoms with Crippen LogP contribution in [-0.2, 0) is 6.42 Å². The number of nitrogens with zero attached hydrogens (tertiary/aromatic N) is 1. The number of hydrogen-bond acceptors (Lipinski definition) is 4. The SMILES string of the molecule is COc1c(NCCc2ccccc2)nc[nH]c1=O. The predicted molar refractivity (Wildman–Crippen MR) is 70.0 cm³/mol. The quantitative estimate of drug-likeness (QED) is 0.836. The van der Waals surface area contributed by atoms with Gasteiger partial charge >= 0.3 is 0 Å². The van der Waals surface area contributed by atoms with Crippen LogP contribution < -0.4 is 15.6 Å². The highest BCUT2D eigenvalue weighted by molar-refractivity contribution is 5.47. The Morgan fingerprint density at radius 3 is 2.83 bits per heavy atom. The number of aromatic amines is 1. The highest BCUT2D eigenvalue weighted by atomic mass is 16.5. The second-order valence-electron chi connectivity index (χ2n) is 3.78. The van der Waals surface area contributed by atoms with E-state index in [9.17, 15) is 4.79 Å². The van der Waals surface area contributed by atoms with Crippen molar-refractivity contribution in [3.05, 3.63) is 52.6 Å². The molecule has 0 fully saturated rings. The molecular weight excluding hydrogens is 230 g/mol. The zero-order chi connectivity index (χ0) is 12.8. The normalized spacial score (nSPS) is 10.1. The Hall–Kier alpha value is -2.30. The van der Waals surface area contributed by atoms with Crippen molar-refractivity contribution in [2.24, 2.45) is 0 Å². The maximum atomic E-state index is 11.4. The summed E-state index contributed by atoms with van der Waals surface area (Å²) in [5, 5.41) is 3.10. The fraction of sp³-hybridized carbons (Fsp3) is 0.231. The van der Waals surface area contributed by atoms with Gasteiger partial charge in [-0.3, -0.25) is 4.79 Å². The van der Waals surface area contributed by atoms with E-state index in [0.717, 1.165) is 6.42 Å². The first-order valence-corrected chi connectivity index (χ1v) is 5.70. The molecule has 0 aliphatic heterocycles. The Balaban J connectivity index is 1.99. The standard InChI is InChI=1S/C13H15N3O2/c1-18-11-12(15-9-16-13(11)17)14-8-7-10-5-3-2-4-6-10/h2-6,9H,7-8H2,1H3,(H2,14,15,16,17). The zero-order valence-corrected chi connectivity index (χ0v) is 10.1. The van der Waals surface area contributed by atoms with E-state index < -0.39 is 0 Å². The lowest BCUT2D eigenvalue weighted by Gasteiger charge is -2.08. The summed E-state index contributed by atoms with van der Waals surface area (Å²) in [7, 11) is 1.45. The molecule has 2 aromatic rings. The van der Waals surface area contributed by atoms with Gasteiger partial charge in [-0.05, 0) is 12.0 Å². The molecule has 0 amide bonds. The monoisotopic (exact) mass is 245 g/mol. The van der Waals surface area contributed by atoms with Gasteiger partial charge in [0.25, 0.3) is 5.56 Å². The summed E-state index contributed by atoms with van der Waals surface area (Å²) in [6.45, 7) is 0.691. The summed E-state index contributed by atoms with van der Waals surface area (Å²) in [5.41, 5.74) is 0.948. The van der Waals surface area contributed by atoms with Crippen molar-refractivity contribution < 1.29 is 4.74 Å². The zero-order valence-electron chi connectivity index (χ0n) is 10.1. The molecule has 18 heavy (non-hydrogen) atoms. The van der Waals surface area contributed by atoms with Gasteiger partial charge in [0.15, 0.2) is 5.82 Å². The third-order valence-electron chi connectivity index (χ3n) is 2.56. The summed E-state index contributed by atoms with van der Waals surface area (Å²) in [6, 6.07) is 10.1. The van der Waals surface area contributed by atoms with Crippen LogP contribution in [0.2, 0.25) is 0 Å². The molecule has 1 aromatic carbocycles. The van der Waals surface area contributed by atoms with Crippen LogP contribution in [-0.4, -0.2) is 23.6 Å². The lowest BCUT2D eigenvalue weighted by Crippen LogP contribution is -2.15. The lowest BCUT2D eigenvalue weighted by atomic mass is 10.1. The molecule has 5 nitrogen and oxygen atoms in total. The van der Waals surface area contributed by atoms with Crippen molar-refractivity contribution in [2.45, 2.75) is 6.42 Å². The molecule has 0 aliphatic carbocycles. The number of anilines is 1. The van der Waals surface area contributed by atoms with Crippen LogP contribution in [0.25, 0.3) is 0 Å². The van der Waals surface area contributed by atoms with Gasteiger partial charge < -0.3 is 15.0 Å². The molecule has 1 heterocycles. The van der Waals surface area contributed by atoms with E-state index in [1.807, 2.05) is 18.2 Å². The van der Waals surface area contributed by atoms with E-state index in [-0.39, 0.29) is 11.3 Å². The number of aromatic nitrogens is 2. The number of H-pyrrole nitrogens is 1. The van der Waals surface area contributed by atoms with Crippen LogP contribution in [0, 0.1) is 0 Å². The van der Waals surface area contributed by atoms with Crippen LogP contribution in [0.3, 0.4) is 0 Å². The molecule has 0 saturated heterocycles. The largest absolute Gasteiger partial charge is 0.489 e. The molecule has 2 N–H and O–H groups in total. The number of nitrogens with one attached hydrogen (secondary N) is 2. The summed E-state index contributed by atoms with van der Waals surface area (Å²) in [4.78, 5) is 18.0. The molecule has 0 bridgehead atoms. The summed E-state index contributed by atoms with van der Waals surface area (Å²) in [6.07, 6.45) is 2.22. The third-order valence-corrected chi connectivity index (χ3v) is 2.56. The van der Waals surface area contributed by atoms with Crippen molar-refractivity contribution in [3.8, 4) is 5.75 Å². The van der Waals surface area contributed by atoms with E-state index in [0.29, 0.717) is 12.4 Å². The van der Waals surface area contributed by atoms with Gasteiger partial charge in [0.2, 0.25) is 5.75 Å². The van der Waals surface area contributed by atoms with E-state index in [4.69, 9.17) is 4.74 Å². The molecule has 1 aromatic heterocycles. The molecule has 0 aliphatic rings. The Labute approximate surface area is 105 Å². The maximum Gasteiger partial charge on any atom is 0.295 e. The highest BCUT2D eigenvalue weighted by Crippen LogP contribution is 2.14. The van der Waals surface area contributed by atoms with Crippen LogP contribution >= 0.6 is 0 Å². The fourth-order valence-electron chi connectivity index (χ4n) is 1.67. The average molecular weight is 245 g/mol. The van der Waals surface area contributed by atoms with Crippen molar-refractivity contribution in [1.82, 2.24) is 9.97 Å². The molecule has 0 atom stereocenters.